The largest absolute Gasteiger partial charge is 0.494 e. The number of alkyl carbamates (subject to hydrolysis) is 1. The molecule has 1 aliphatic rings. The Hall–Kier alpha value is -2.87. The summed E-state index contributed by atoms with van der Waals surface area (Å²) in [6.07, 6.45) is 1.31. The molecule has 8 heteroatoms. The van der Waals surface area contributed by atoms with E-state index in [2.05, 4.69) is 5.32 Å². The van der Waals surface area contributed by atoms with E-state index in [1.165, 1.54) is 19.3 Å². The molecular weight excluding hydrogens is 414 g/mol. The number of rotatable bonds is 6. The smallest absolute Gasteiger partial charge is 0.408 e. The van der Waals surface area contributed by atoms with Crippen LogP contribution in [-0.2, 0) is 35.0 Å². The minimum atomic E-state index is -1.02. The number of hydrogen-bond acceptors (Lipinski definition) is 7. The summed E-state index contributed by atoms with van der Waals surface area (Å²) in [5.74, 6) is -0.972. The molecule has 8 nitrogen and oxygen atoms in total. The summed E-state index contributed by atoms with van der Waals surface area (Å²) >= 11 is 0. The Labute approximate surface area is 189 Å². The number of allylic oxidation sites excluding steroid dienone is 1. The number of carbonyl (C=O) groups is 3. The second kappa shape index (κ2) is 11.7. The molecule has 0 bridgehead atoms. The third kappa shape index (κ3) is 8.70. The number of cyclic esters (lactones) is 1. The fourth-order valence-electron chi connectivity index (χ4n) is 3.31. The van der Waals surface area contributed by atoms with Crippen molar-refractivity contribution in [2.45, 2.75) is 64.9 Å². The van der Waals surface area contributed by atoms with Crippen LogP contribution >= 0.6 is 0 Å². The van der Waals surface area contributed by atoms with E-state index in [-0.39, 0.29) is 24.9 Å². The lowest BCUT2D eigenvalue weighted by Crippen LogP contribution is -2.47. The summed E-state index contributed by atoms with van der Waals surface area (Å²) in [5, 5.41) is 2.52. The Bertz CT molecular complexity index is 800. The second-order valence-corrected chi connectivity index (χ2v) is 8.84. The van der Waals surface area contributed by atoms with Crippen molar-refractivity contribution in [3.8, 4) is 0 Å². The zero-order valence-electron chi connectivity index (χ0n) is 19.3. The van der Waals surface area contributed by atoms with Crippen molar-refractivity contribution >= 4 is 17.8 Å². The van der Waals surface area contributed by atoms with Crippen molar-refractivity contribution in [2.75, 3.05) is 13.2 Å². The van der Waals surface area contributed by atoms with Crippen molar-refractivity contribution in [2.24, 2.45) is 5.92 Å². The molecule has 1 aliphatic heterocycles. The van der Waals surface area contributed by atoms with Crippen LogP contribution in [-0.4, -0.2) is 54.9 Å². The zero-order chi connectivity index (χ0) is 23.7. The van der Waals surface area contributed by atoms with Crippen LogP contribution in [0.1, 0.15) is 40.2 Å². The Morgan fingerprint density at radius 2 is 1.88 bits per heavy atom. The Balaban J connectivity index is 2.19. The highest BCUT2D eigenvalue weighted by Crippen LogP contribution is 2.23. The fourth-order valence-corrected chi connectivity index (χ4v) is 3.31. The maximum Gasteiger partial charge on any atom is 0.408 e. The van der Waals surface area contributed by atoms with E-state index in [1.54, 1.807) is 27.7 Å². The Morgan fingerprint density at radius 1 is 1.19 bits per heavy atom. The highest BCUT2D eigenvalue weighted by Gasteiger charge is 2.36. The molecule has 1 amide bonds. The van der Waals surface area contributed by atoms with Gasteiger partial charge in [-0.05, 0) is 46.6 Å². The van der Waals surface area contributed by atoms with Gasteiger partial charge >= 0.3 is 12.1 Å². The SMILES string of the molecule is CC(=O)/C=C/O[C@@H]1[C@@H](Cc2ccccc2)COC[C@H](NC(=O)OC(C)(C)C)C(=O)O[C@H]1C. The fraction of sp³-hybridized carbons (Fsp3) is 0.542. The van der Waals surface area contributed by atoms with Gasteiger partial charge in [0.05, 0.1) is 19.5 Å². The molecule has 1 heterocycles. The van der Waals surface area contributed by atoms with Crippen molar-refractivity contribution in [1.82, 2.24) is 5.32 Å². The molecule has 2 rings (SSSR count). The van der Waals surface area contributed by atoms with E-state index in [9.17, 15) is 14.4 Å². The molecule has 1 aromatic carbocycles. The van der Waals surface area contributed by atoms with Crippen LogP contribution in [0.2, 0.25) is 0 Å². The lowest BCUT2D eigenvalue weighted by molar-refractivity contribution is -0.157. The molecule has 0 aliphatic carbocycles. The van der Waals surface area contributed by atoms with E-state index in [1.807, 2.05) is 30.3 Å². The molecule has 0 saturated carbocycles. The summed E-state index contributed by atoms with van der Waals surface area (Å²) in [7, 11) is 0. The Kier molecular flexibility index (Phi) is 9.26. The molecule has 1 saturated heterocycles. The van der Waals surface area contributed by atoms with Gasteiger partial charge in [-0.3, -0.25) is 4.79 Å². The molecular formula is C24H33NO7. The van der Waals surface area contributed by atoms with Crippen LogP contribution in [0, 0.1) is 5.92 Å². The molecule has 1 N–H and O–H groups in total. The lowest BCUT2D eigenvalue weighted by atomic mass is 9.91. The lowest BCUT2D eigenvalue weighted by Gasteiger charge is -2.30. The van der Waals surface area contributed by atoms with Gasteiger partial charge in [-0.2, -0.15) is 0 Å². The number of ketones is 1. The number of ether oxygens (including phenoxy) is 4. The van der Waals surface area contributed by atoms with Gasteiger partial charge in [0, 0.05) is 12.0 Å². The van der Waals surface area contributed by atoms with Crippen LogP contribution in [0.5, 0.6) is 0 Å². The second-order valence-electron chi connectivity index (χ2n) is 8.84. The zero-order valence-corrected chi connectivity index (χ0v) is 19.3. The quantitative estimate of drug-likeness (QED) is 0.406. The van der Waals surface area contributed by atoms with Crippen molar-refractivity contribution in [3.05, 3.63) is 48.2 Å². The molecule has 1 fully saturated rings. The van der Waals surface area contributed by atoms with Gasteiger partial charge in [0.25, 0.3) is 0 Å². The van der Waals surface area contributed by atoms with Crippen molar-refractivity contribution in [1.29, 1.82) is 0 Å². The van der Waals surface area contributed by atoms with Crippen LogP contribution in [0.25, 0.3) is 0 Å². The predicted octanol–water partition coefficient (Wildman–Crippen LogP) is 3.19. The monoisotopic (exact) mass is 447 g/mol. The van der Waals surface area contributed by atoms with Gasteiger partial charge in [0.1, 0.15) is 17.8 Å². The van der Waals surface area contributed by atoms with Crippen LogP contribution in [0.15, 0.2) is 42.7 Å². The molecule has 1 aromatic rings. The van der Waals surface area contributed by atoms with E-state index in [0.29, 0.717) is 6.42 Å². The number of esters is 1. The summed E-state index contributed by atoms with van der Waals surface area (Å²) in [4.78, 5) is 36.2. The first kappa shape index (κ1) is 25.4. The van der Waals surface area contributed by atoms with Gasteiger partial charge in [0.15, 0.2) is 11.8 Å². The molecule has 176 valence electrons. The first-order valence-electron chi connectivity index (χ1n) is 10.7. The van der Waals surface area contributed by atoms with Crippen LogP contribution < -0.4 is 5.32 Å². The molecule has 0 spiro atoms. The number of nitrogens with one attached hydrogen (secondary N) is 1. The van der Waals surface area contributed by atoms with E-state index < -0.39 is 35.9 Å². The average Bonchev–Trinajstić information content (AvgIpc) is 2.72. The minimum absolute atomic E-state index is 0.0634. The highest BCUT2D eigenvalue weighted by atomic mass is 16.6. The standard InChI is InChI=1S/C24H33NO7/c1-16(26)11-12-30-21-17(2)31-22(27)20(25-23(28)32-24(3,4)5)15-29-14-19(21)13-18-9-7-6-8-10-18/h6-12,17,19-21H,13-15H2,1-5H3,(H,25,28)/b12-11+/t17-,19-,20-,21-/m0/s1. The third-order valence-electron chi connectivity index (χ3n) is 4.70. The van der Waals surface area contributed by atoms with Crippen molar-refractivity contribution < 1.29 is 33.3 Å². The predicted molar refractivity (Wildman–Crippen MR) is 118 cm³/mol. The van der Waals surface area contributed by atoms with Gasteiger partial charge in [-0.15, -0.1) is 0 Å². The first-order valence-corrected chi connectivity index (χ1v) is 10.7. The molecule has 0 unspecified atom stereocenters. The first-order chi connectivity index (χ1) is 15.0. The maximum absolute atomic E-state index is 12.7. The van der Waals surface area contributed by atoms with E-state index in [0.717, 1.165) is 5.56 Å². The topological polar surface area (TPSA) is 100 Å². The number of carbonyl (C=O) groups excluding carboxylic acids is 3. The molecule has 32 heavy (non-hydrogen) atoms. The van der Waals surface area contributed by atoms with Crippen LogP contribution in [0.4, 0.5) is 4.79 Å². The number of benzene rings is 1. The minimum Gasteiger partial charge on any atom is -0.494 e. The van der Waals surface area contributed by atoms with Crippen molar-refractivity contribution in [3.63, 3.8) is 0 Å². The molecule has 0 radical (unpaired) electrons. The average molecular weight is 448 g/mol. The Morgan fingerprint density at radius 3 is 2.50 bits per heavy atom. The van der Waals surface area contributed by atoms with Gasteiger partial charge in [0.2, 0.25) is 0 Å². The number of hydrogen-bond donors (Lipinski definition) is 1. The summed E-state index contributed by atoms with van der Waals surface area (Å²) in [6, 6.07) is 8.81. The van der Waals surface area contributed by atoms with Gasteiger partial charge < -0.3 is 24.3 Å². The van der Waals surface area contributed by atoms with E-state index >= 15 is 0 Å². The summed E-state index contributed by atoms with van der Waals surface area (Å²) in [5.41, 5.74) is 0.370. The van der Waals surface area contributed by atoms with E-state index in [4.69, 9.17) is 18.9 Å². The number of amides is 1. The maximum atomic E-state index is 12.7. The third-order valence-corrected chi connectivity index (χ3v) is 4.70. The van der Waals surface area contributed by atoms with Gasteiger partial charge in [-0.1, -0.05) is 30.3 Å². The summed E-state index contributed by atoms with van der Waals surface area (Å²) in [6.45, 7) is 8.54. The molecule has 4 atom stereocenters. The highest BCUT2D eigenvalue weighted by molar-refractivity contribution is 5.86. The summed E-state index contributed by atoms with van der Waals surface area (Å²) < 4.78 is 22.5. The van der Waals surface area contributed by atoms with Gasteiger partial charge in [-0.25, -0.2) is 9.59 Å². The van der Waals surface area contributed by atoms with Crippen LogP contribution in [0.3, 0.4) is 0 Å². The molecule has 0 aromatic heterocycles. The normalized spacial score (nSPS) is 24.6.